The van der Waals surface area contributed by atoms with Crippen LogP contribution in [0.5, 0.6) is 0 Å². The SMILES string of the molecule is CC(C)(C)OC(=O)N1CC(=O)N(CC(=O)O)C[C@H]1c1ccccc1. The Balaban J connectivity index is 2.28. The summed E-state index contributed by atoms with van der Waals surface area (Å²) in [5, 5.41) is 8.97. The molecule has 0 unspecified atom stereocenters. The van der Waals surface area contributed by atoms with Crippen LogP contribution in [0.4, 0.5) is 4.79 Å². The van der Waals surface area contributed by atoms with E-state index in [0.29, 0.717) is 0 Å². The molecule has 0 spiro atoms. The van der Waals surface area contributed by atoms with E-state index in [9.17, 15) is 14.4 Å². The second-order valence-corrected chi connectivity index (χ2v) is 6.70. The number of aliphatic carboxylic acids is 1. The smallest absolute Gasteiger partial charge is 0.411 e. The molecule has 2 amide bonds. The molecule has 1 heterocycles. The Morgan fingerprint density at radius 3 is 2.42 bits per heavy atom. The first-order valence-corrected chi connectivity index (χ1v) is 7.71. The second kappa shape index (κ2) is 6.90. The maximum Gasteiger partial charge on any atom is 0.411 e. The predicted molar refractivity (Wildman–Crippen MR) is 86.3 cm³/mol. The first kappa shape index (κ1) is 17.8. The number of carboxylic acids is 1. The van der Waals surface area contributed by atoms with Crippen LogP contribution < -0.4 is 0 Å². The lowest BCUT2D eigenvalue weighted by atomic mass is 10.0. The molecular weight excluding hydrogens is 312 g/mol. The molecule has 1 fully saturated rings. The fraction of sp³-hybridized carbons (Fsp3) is 0.471. The normalized spacial score (nSPS) is 18.5. The van der Waals surface area contributed by atoms with E-state index in [4.69, 9.17) is 9.84 Å². The Labute approximate surface area is 140 Å². The highest BCUT2D eigenvalue weighted by atomic mass is 16.6. The summed E-state index contributed by atoms with van der Waals surface area (Å²) in [5.41, 5.74) is 0.144. The summed E-state index contributed by atoms with van der Waals surface area (Å²) in [6.45, 7) is 4.79. The molecule has 1 saturated heterocycles. The molecule has 2 rings (SSSR count). The molecule has 1 aromatic carbocycles. The summed E-state index contributed by atoms with van der Waals surface area (Å²) < 4.78 is 5.39. The first-order valence-electron chi connectivity index (χ1n) is 7.71. The van der Waals surface area contributed by atoms with Crippen molar-refractivity contribution in [1.29, 1.82) is 0 Å². The van der Waals surface area contributed by atoms with Gasteiger partial charge in [0.15, 0.2) is 0 Å². The minimum atomic E-state index is -1.08. The zero-order chi connectivity index (χ0) is 17.9. The van der Waals surface area contributed by atoms with E-state index in [2.05, 4.69) is 0 Å². The summed E-state index contributed by atoms with van der Waals surface area (Å²) in [7, 11) is 0. The average Bonchev–Trinajstić information content (AvgIpc) is 2.47. The highest BCUT2D eigenvalue weighted by Gasteiger charge is 2.38. The molecule has 0 bridgehead atoms. The van der Waals surface area contributed by atoms with Crippen LogP contribution in [0.1, 0.15) is 32.4 Å². The number of benzene rings is 1. The zero-order valence-corrected chi connectivity index (χ0v) is 14.1. The number of carbonyl (C=O) groups excluding carboxylic acids is 2. The Morgan fingerprint density at radius 2 is 1.88 bits per heavy atom. The lowest BCUT2D eigenvalue weighted by molar-refractivity contribution is -0.148. The van der Waals surface area contributed by atoms with Gasteiger partial charge in [-0.15, -0.1) is 0 Å². The van der Waals surface area contributed by atoms with Gasteiger partial charge in [0.1, 0.15) is 18.7 Å². The van der Waals surface area contributed by atoms with E-state index >= 15 is 0 Å². The second-order valence-electron chi connectivity index (χ2n) is 6.70. The summed E-state index contributed by atoms with van der Waals surface area (Å²) in [6, 6.07) is 8.76. The fourth-order valence-electron chi connectivity index (χ4n) is 2.55. The van der Waals surface area contributed by atoms with Gasteiger partial charge in [0.05, 0.1) is 6.04 Å². The van der Waals surface area contributed by atoms with Gasteiger partial charge in [-0.1, -0.05) is 30.3 Å². The van der Waals surface area contributed by atoms with Crippen molar-refractivity contribution in [3.8, 4) is 0 Å². The number of hydrogen-bond acceptors (Lipinski definition) is 4. The summed E-state index contributed by atoms with van der Waals surface area (Å²) in [6.07, 6.45) is -0.584. The third kappa shape index (κ3) is 4.47. The molecule has 0 aliphatic carbocycles. The standard InChI is InChI=1S/C17H22N2O5/c1-17(2,3)24-16(23)19-10-14(20)18(11-15(21)22)9-13(19)12-7-5-4-6-8-12/h4-8,13H,9-11H2,1-3H3,(H,21,22)/t13-/m0/s1. The van der Waals surface area contributed by atoms with Crippen LogP contribution in [0, 0.1) is 0 Å². The maximum absolute atomic E-state index is 12.5. The highest BCUT2D eigenvalue weighted by molar-refractivity contribution is 5.86. The molecule has 7 nitrogen and oxygen atoms in total. The topological polar surface area (TPSA) is 87.2 Å². The van der Waals surface area contributed by atoms with E-state index in [1.54, 1.807) is 20.8 Å². The third-order valence-electron chi connectivity index (χ3n) is 3.57. The number of carboxylic acid groups (broad SMARTS) is 1. The van der Waals surface area contributed by atoms with Gasteiger partial charge in [0, 0.05) is 6.54 Å². The summed E-state index contributed by atoms with van der Waals surface area (Å²) >= 11 is 0. The van der Waals surface area contributed by atoms with E-state index in [1.165, 1.54) is 9.80 Å². The van der Waals surface area contributed by atoms with Crippen LogP contribution in [0.15, 0.2) is 30.3 Å². The Bertz CT molecular complexity index is 624. The average molecular weight is 334 g/mol. The van der Waals surface area contributed by atoms with Crippen LogP contribution in [-0.2, 0) is 14.3 Å². The molecule has 24 heavy (non-hydrogen) atoms. The van der Waals surface area contributed by atoms with Gasteiger partial charge in [0.25, 0.3) is 0 Å². The predicted octanol–water partition coefficient (Wildman–Crippen LogP) is 1.89. The van der Waals surface area contributed by atoms with Crippen molar-refractivity contribution in [3.05, 3.63) is 35.9 Å². The number of amides is 2. The Hall–Kier alpha value is -2.57. The van der Waals surface area contributed by atoms with E-state index in [-0.39, 0.29) is 19.6 Å². The number of ether oxygens (including phenoxy) is 1. The molecule has 1 atom stereocenters. The molecule has 1 N–H and O–H groups in total. The van der Waals surface area contributed by atoms with Crippen LogP contribution in [0.25, 0.3) is 0 Å². The van der Waals surface area contributed by atoms with Gasteiger partial charge >= 0.3 is 12.1 Å². The Kier molecular flexibility index (Phi) is 5.11. The highest BCUT2D eigenvalue weighted by Crippen LogP contribution is 2.27. The zero-order valence-electron chi connectivity index (χ0n) is 14.1. The molecular formula is C17H22N2O5. The lowest BCUT2D eigenvalue weighted by Gasteiger charge is -2.40. The molecule has 7 heteroatoms. The van der Waals surface area contributed by atoms with Crippen LogP contribution in [-0.4, -0.2) is 58.1 Å². The van der Waals surface area contributed by atoms with Crippen molar-refractivity contribution in [2.75, 3.05) is 19.6 Å². The van der Waals surface area contributed by atoms with Crippen molar-refractivity contribution >= 4 is 18.0 Å². The monoisotopic (exact) mass is 334 g/mol. The lowest BCUT2D eigenvalue weighted by Crippen LogP contribution is -2.55. The molecule has 1 aliphatic rings. The minimum Gasteiger partial charge on any atom is -0.480 e. The number of hydrogen-bond donors (Lipinski definition) is 1. The summed E-state index contributed by atoms with van der Waals surface area (Å²) in [5.74, 6) is -1.49. The third-order valence-corrected chi connectivity index (χ3v) is 3.57. The van der Waals surface area contributed by atoms with Crippen molar-refractivity contribution in [2.24, 2.45) is 0 Å². The quantitative estimate of drug-likeness (QED) is 0.912. The number of piperazine rings is 1. The van der Waals surface area contributed by atoms with Crippen LogP contribution in [0.2, 0.25) is 0 Å². The molecule has 0 aromatic heterocycles. The largest absolute Gasteiger partial charge is 0.480 e. The maximum atomic E-state index is 12.5. The van der Waals surface area contributed by atoms with Crippen molar-refractivity contribution in [3.63, 3.8) is 0 Å². The van der Waals surface area contributed by atoms with Gasteiger partial charge in [-0.05, 0) is 26.3 Å². The summed E-state index contributed by atoms with van der Waals surface area (Å²) in [4.78, 5) is 38.3. The van der Waals surface area contributed by atoms with Crippen LogP contribution >= 0.6 is 0 Å². The van der Waals surface area contributed by atoms with Gasteiger partial charge in [0.2, 0.25) is 5.91 Å². The van der Waals surface area contributed by atoms with Gasteiger partial charge in [-0.25, -0.2) is 4.79 Å². The van der Waals surface area contributed by atoms with Crippen molar-refractivity contribution in [1.82, 2.24) is 9.80 Å². The molecule has 1 aromatic rings. The van der Waals surface area contributed by atoms with Crippen molar-refractivity contribution in [2.45, 2.75) is 32.4 Å². The Morgan fingerprint density at radius 1 is 1.25 bits per heavy atom. The van der Waals surface area contributed by atoms with Gasteiger partial charge in [-0.2, -0.15) is 0 Å². The minimum absolute atomic E-state index is 0.119. The molecule has 0 saturated carbocycles. The van der Waals surface area contributed by atoms with E-state index in [0.717, 1.165) is 5.56 Å². The van der Waals surface area contributed by atoms with Gasteiger partial charge in [-0.3, -0.25) is 14.5 Å². The first-order chi connectivity index (χ1) is 11.2. The number of rotatable bonds is 3. The molecule has 0 radical (unpaired) electrons. The van der Waals surface area contributed by atoms with Crippen LogP contribution in [0.3, 0.4) is 0 Å². The van der Waals surface area contributed by atoms with Crippen molar-refractivity contribution < 1.29 is 24.2 Å². The van der Waals surface area contributed by atoms with E-state index in [1.807, 2.05) is 30.3 Å². The fourth-order valence-corrected chi connectivity index (χ4v) is 2.55. The number of carbonyl (C=O) groups is 3. The van der Waals surface area contributed by atoms with E-state index < -0.39 is 29.6 Å². The number of nitrogens with zero attached hydrogens (tertiary/aromatic N) is 2. The van der Waals surface area contributed by atoms with Gasteiger partial charge < -0.3 is 14.7 Å². The molecule has 130 valence electrons. The molecule has 1 aliphatic heterocycles.